The van der Waals surface area contributed by atoms with Crippen LogP contribution >= 0.6 is 11.8 Å². The minimum atomic E-state index is -3.82. The average Bonchev–Trinajstić information content (AvgIpc) is 3.18. The number of sulfone groups is 1. The van der Waals surface area contributed by atoms with E-state index in [-0.39, 0.29) is 26.8 Å². The van der Waals surface area contributed by atoms with E-state index in [1.165, 1.54) is 11.8 Å². The van der Waals surface area contributed by atoms with Crippen LogP contribution in [0.3, 0.4) is 0 Å². The Bertz CT molecular complexity index is 1420. The predicted molar refractivity (Wildman–Crippen MR) is 152 cm³/mol. The van der Waals surface area contributed by atoms with E-state index in [4.69, 9.17) is 10.1 Å². The summed E-state index contributed by atoms with van der Waals surface area (Å²) in [6.45, 7) is 16.5. The third kappa shape index (κ3) is 5.65. The number of nitrogens with one attached hydrogen (secondary N) is 1. The second-order valence-electron chi connectivity index (χ2n) is 11.5. The van der Waals surface area contributed by atoms with Crippen molar-refractivity contribution in [2.75, 3.05) is 24.2 Å². The highest BCUT2D eigenvalue weighted by Gasteiger charge is 2.34. The zero-order valence-electron chi connectivity index (χ0n) is 23.0. The smallest absolute Gasteiger partial charge is 0.213 e. The Morgan fingerprint density at radius 2 is 1.81 bits per heavy atom. The average molecular weight is 543 g/mol. The van der Waals surface area contributed by atoms with Gasteiger partial charge in [-0.15, -0.1) is 11.8 Å². The zero-order valence-corrected chi connectivity index (χ0v) is 24.7. The normalized spacial score (nSPS) is 17.2. The third-order valence-corrected chi connectivity index (χ3v) is 8.97. The maximum atomic E-state index is 13.7. The van der Waals surface area contributed by atoms with Crippen LogP contribution in [0.4, 0.5) is 5.82 Å². The van der Waals surface area contributed by atoms with Crippen LogP contribution in [0.15, 0.2) is 56.2 Å². The van der Waals surface area contributed by atoms with Crippen molar-refractivity contribution in [3.05, 3.63) is 42.1 Å². The number of hydrogen-bond donors (Lipinski definition) is 1. The molecule has 3 heterocycles. The molecule has 1 aliphatic heterocycles. The molecule has 0 spiro atoms. The molecule has 10 heteroatoms. The summed E-state index contributed by atoms with van der Waals surface area (Å²) in [6, 6.07) is 10.4. The van der Waals surface area contributed by atoms with Crippen molar-refractivity contribution in [1.82, 2.24) is 19.9 Å². The first-order valence-corrected chi connectivity index (χ1v) is 15.3. The first kappa shape index (κ1) is 27.4. The number of aromatic nitrogens is 3. The fraction of sp³-hybridized carbons (Fsp3) is 0.519. The monoisotopic (exact) mass is 542 g/mol. The molecule has 1 atom stereocenters. The minimum Gasteiger partial charge on any atom is -0.367 e. The number of rotatable bonds is 6. The van der Waals surface area contributed by atoms with Crippen LogP contribution in [-0.4, -0.2) is 59.8 Å². The summed E-state index contributed by atoms with van der Waals surface area (Å²) >= 11 is 1.31. The fourth-order valence-corrected chi connectivity index (χ4v) is 7.71. The van der Waals surface area contributed by atoms with Crippen molar-refractivity contribution in [1.29, 1.82) is 0 Å². The van der Waals surface area contributed by atoms with Gasteiger partial charge in [0.1, 0.15) is 16.7 Å². The molecule has 4 rings (SSSR count). The molecule has 0 radical (unpaired) electrons. The maximum Gasteiger partial charge on any atom is 0.213 e. The van der Waals surface area contributed by atoms with Gasteiger partial charge in [-0.3, -0.25) is 4.99 Å². The number of hydrogen-bond acceptors (Lipinski definition) is 8. The molecule has 37 heavy (non-hydrogen) atoms. The van der Waals surface area contributed by atoms with Crippen LogP contribution in [0, 0.1) is 12.3 Å². The number of nitrogens with zero attached hydrogens (tertiary/aromatic N) is 5. The Morgan fingerprint density at radius 3 is 2.43 bits per heavy atom. The van der Waals surface area contributed by atoms with E-state index in [0.29, 0.717) is 23.8 Å². The summed E-state index contributed by atoms with van der Waals surface area (Å²) in [4.78, 5) is 12.1. The van der Waals surface area contributed by atoms with Gasteiger partial charge in [-0.25, -0.2) is 13.4 Å². The van der Waals surface area contributed by atoms with Crippen LogP contribution in [0.5, 0.6) is 0 Å². The molecule has 0 fully saturated rings. The lowest BCUT2D eigenvalue weighted by molar-refractivity contribution is 0.265. The number of benzene rings is 1. The predicted octanol–water partition coefficient (Wildman–Crippen LogP) is 5.00. The van der Waals surface area contributed by atoms with E-state index in [9.17, 15) is 8.42 Å². The second kappa shape index (κ2) is 9.94. The molecule has 2 aromatic heterocycles. The topological polar surface area (TPSA) is 92.0 Å². The van der Waals surface area contributed by atoms with Crippen molar-refractivity contribution < 1.29 is 8.42 Å². The van der Waals surface area contributed by atoms with Crippen molar-refractivity contribution in [2.45, 2.75) is 81.3 Å². The number of aliphatic imine (C=N–C) groups is 1. The highest BCUT2D eigenvalue weighted by atomic mass is 32.2. The lowest BCUT2D eigenvalue weighted by atomic mass is 9.81. The fourth-order valence-electron chi connectivity index (χ4n) is 5.30. The van der Waals surface area contributed by atoms with Gasteiger partial charge in [-0.2, -0.15) is 9.61 Å². The summed E-state index contributed by atoms with van der Waals surface area (Å²) in [5.41, 5.74) is 1.12. The first-order chi connectivity index (χ1) is 17.2. The zero-order chi connectivity index (χ0) is 27.2. The SMILES string of the molecule is CSc1nn2c(N3CCN=C(NC(C)(C)CC(C)(C)C)[C@H]3C)cc(C)nc2c1S(=O)(=O)c1ccccc1. The van der Waals surface area contributed by atoms with Gasteiger partial charge < -0.3 is 10.2 Å². The van der Waals surface area contributed by atoms with Crippen LogP contribution in [0.25, 0.3) is 5.65 Å². The summed E-state index contributed by atoms with van der Waals surface area (Å²) in [7, 11) is -3.82. The number of aryl methyl sites for hydroxylation is 1. The summed E-state index contributed by atoms with van der Waals surface area (Å²) in [5.74, 6) is 1.74. The Labute approximate surface area is 224 Å². The lowest BCUT2D eigenvalue weighted by Gasteiger charge is -2.40. The number of fused-ring (bicyclic) bond motifs is 1. The van der Waals surface area contributed by atoms with Crippen LogP contribution < -0.4 is 10.2 Å². The minimum absolute atomic E-state index is 0.0471. The van der Waals surface area contributed by atoms with Gasteiger partial charge in [0.25, 0.3) is 0 Å². The van der Waals surface area contributed by atoms with E-state index < -0.39 is 9.84 Å². The largest absolute Gasteiger partial charge is 0.367 e. The molecule has 0 amide bonds. The Kier molecular flexibility index (Phi) is 7.38. The van der Waals surface area contributed by atoms with Crippen LogP contribution in [0.1, 0.15) is 53.7 Å². The van der Waals surface area contributed by atoms with E-state index in [1.54, 1.807) is 34.8 Å². The van der Waals surface area contributed by atoms with Gasteiger partial charge in [0.05, 0.1) is 17.5 Å². The molecule has 1 aliphatic rings. The number of amidine groups is 1. The third-order valence-electron chi connectivity index (χ3n) is 6.36. The Morgan fingerprint density at radius 1 is 1.14 bits per heavy atom. The first-order valence-electron chi connectivity index (χ1n) is 12.6. The van der Waals surface area contributed by atoms with Gasteiger partial charge in [0.2, 0.25) is 9.84 Å². The van der Waals surface area contributed by atoms with Crippen molar-refractivity contribution in [2.24, 2.45) is 10.4 Å². The molecule has 0 aliphatic carbocycles. The van der Waals surface area contributed by atoms with E-state index in [1.807, 2.05) is 19.2 Å². The molecule has 3 aromatic rings. The molecule has 8 nitrogen and oxygen atoms in total. The van der Waals surface area contributed by atoms with Gasteiger partial charge in [-0.05, 0) is 57.9 Å². The number of thioether (sulfide) groups is 1. The molecule has 0 saturated heterocycles. The van der Waals surface area contributed by atoms with Gasteiger partial charge in [-0.1, -0.05) is 39.0 Å². The molecular formula is C27H38N6O2S2. The van der Waals surface area contributed by atoms with Gasteiger partial charge in [0, 0.05) is 23.8 Å². The van der Waals surface area contributed by atoms with E-state index in [2.05, 4.69) is 56.7 Å². The molecule has 0 unspecified atom stereocenters. The molecule has 0 saturated carbocycles. The lowest BCUT2D eigenvalue weighted by Crippen LogP contribution is -2.56. The number of anilines is 1. The van der Waals surface area contributed by atoms with Crippen molar-refractivity contribution >= 4 is 38.9 Å². The quantitative estimate of drug-likeness (QED) is 0.438. The van der Waals surface area contributed by atoms with E-state index in [0.717, 1.165) is 23.8 Å². The van der Waals surface area contributed by atoms with Gasteiger partial charge >= 0.3 is 0 Å². The standard InChI is InChI=1S/C27H38N6O2S2/c1-18-16-21(32-15-14-28-23(19(32)2)30-27(6,7)17-26(3,4)5)33-24(29-18)22(25(31-33)36-8)37(34,35)20-12-10-9-11-13-20/h9-13,16,19H,14-15,17H2,1-8H3,(H,28,30)/t19-/m1/s1. The van der Waals surface area contributed by atoms with Crippen LogP contribution in [0.2, 0.25) is 0 Å². The highest BCUT2D eigenvalue weighted by molar-refractivity contribution is 7.99. The van der Waals surface area contributed by atoms with Crippen molar-refractivity contribution in [3.63, 3.8) is 0 Å². The van der Waals surface area contributed by atoms with Crippen LogP contribution in [-0.2, 0) is 9.84 Å². The van der Waals surface area contributed by atoms with Gasteiger partial charge in [0.15, 0.2) is 10.5 Å². The molecule has 1 N–H and O–H groups in total. The molecular weight excluding hydrogens is 504 g/mol. The Hall–Kier alpha value is -2.59. The Balaban J connectivity index is 1.79. The summed E-state index contributed by atoms with van der Waals surface area (Å²) in [5, 5.41) is 8.89. The second-order valence-corrected chi connectivity index (χ2v) is 14.2. The van der Waals surface area contributed by atoms with Crippen molar-refractivity contribution in [3.8, 4) is 0 Å². The molecule has 200 valence electrons. The summed E-state index contributed by atoms with van der Waals surface area (Å²) in [6.07, 6.45) is 2.83. The molecule has 1 aromatic carbocycles. The highest BCUT2D eigenvalue weighted by Crippen LogP contribution is 2.35. The maximum absolute atomic E-state index is 13.7. The summed E-state index contributed by atoms with van der Waals surface area (Å²) < 4.78 is 29.1. The molecule has 0 bridgehead atoms. The van der Waals surface area contributed by atoms with E-state index >= 15 is 0 Å².